The molecule has 4 aromatic rings. The van der Waals surface area contributed by atoms with E-state index >= 15 is 0 Å². The van der Waals surface area contributed by atoms with Crippen LogP contribution < -0.4 is 4.90 Å². The molecule has 0 spiro atoms. The van der Waals surface area contributed by atoms with Gasteiger partial charge in [-0.3, -0.25) is 9.69 Å². The highest BCUT2D eigenvalue weighted by Gasteiger charge is 2.31. The summed E-state index contributed by atoms with van der Waals surface area (Å²) in [6, 6.07) is 28.5. The highest BCUT2D eigenvalue weighted by molar-refractivity contribution is 7.98. The van der Waals surface area contributed by atoms with E-state index in [0.717, 1.165) is 27.4 Å². The number of furan rings is 1. The number of rotatable bonds is 6. The maximum atomic E-state index is 13.7. The summed E-state index contributed by atoms with van der Waals surface area (Å²) in [6.45, 7) is 0. The van der Waals surface area contributed by atoms with Crippen molar-refractivity contribution < 1.29 is 18.7 Å². The Bertz CT molecular complexity index is 1480. The lowest BCUT2D eigenvalue weighted by Gasteiger charge is -2.23. The molecule has 178 valence electrons. The van der Waals surface area contributed by atoms with Crippen LogP contribution in [0.4, 0.5) is 5.69 Å². The van der Waals surface area contributed by atoms with Gasteiger partial charge in [0, 0.05) is 16.0 Å². The summed E-state index contributed by atoms with van der Waals surface area (Å²) in [7, 11) is 1.35. The second kappa shape index (κ2) is 10.1. The number of nitrogens with zero attached hydrogens (tertiary/aromatic N) is 1. The number of esters is 1. The number of hydrogen-bond donors (Lipinski definition) is 0. The topological polar surface area (TPSA) is 59.8 Å². The Balaban J connectivity index is 1.50. The fourth-order valence-corrected chi connectivity index (χ4v) is 4.70. The maximum Gasteiger partial charge on any atom is 0.337 e. The number of carbonyl (C=O) groups excluding carboxylic acids is 2. The van der Waals surface area contributed by atoms with E-state index in [2.05, 4.69) is 0 Å². The predicted molar refractivity (Wildman–Crippen MR) is 144 cm³/mol. The molecule has 0 atom stereocenters. The zero-order chi connectivity index (χ0) is 25.1. The minimum atomic E-state index is -0.389. The molecule has 0 saturated heterocycles. The Labute approximate surface area is 213 Å². The molecule has 1 aliphatic rings. The second-order valence-corrected chi connectivity index (χ2v) is 8.93. The number of hydrogen-bond acceptors (Lipinski definition) is 5. The first-order chi connectivity index (χ1) is 17.6. The summed E-state index contributed by atoms with van der Waals surface area (Å²) in [5.74, 6) is 0.699. The fraction of sp³-hybridized carbons (Fsp3) is 0.0667. The fourth-order valence-electron chi connectivity index (χ4n) is 4.12. The van der Waals surface area contributed by atoms with E-state index < -0.39 is 0 Å². The minimum absolute atomic E-state index is 0.115. The highest BCUT2D eigenvalue weighted by Crippen LogP contribution is 2.39. The van der Waals surface area contributed by atoms with E-state index in [1.54, 1.807) is 47.0 Å². The molecule has 0 saturated carbocycles. The molecule has 5 rings (SSSR count). The van der Waals surface area contributed by atoms with Crippen LogP contribution in [0.3, 0.4) is 0 Å². The number of methoxy groups -OCH3 is 1. The average molecular weight is 494 g/mol. The normalized spacial score (nSPS) is 14.3. The van der Waals surface area contributed by atoms with Crippen LogP contribution in [0, 0.1) is 0 Å². The van der Waals surface area contributed by atoms with Gasteiger partial charge in [-0.05, 0) is 60.4 Å². The Morgan fingerprint density at radius 1 is 0.889 bits per heavy atom. The smallest absolute Gasteiger partial charge is 0.337 e. The summed E-state index contributed by atoms with van der Waals surface area (Å²) in [5, 5.41) is 0. The third-order valence-corrected chi connectivity index (χ3v) is 6.68. The summed E-state index contributed by atoms with van der Waals surface area (Å²) >= 11 is 1.60. The van der Waals surface area contributed by atoms with E-state index in [9.17, 15) is 9.59 Å². The monoisotopic (exact) mass is 493 g/mol. The van der Waals surface area contributed by atoms with Gasteiger partial charge in [-0.15, -0.1) is 11.8 Å². The first kappa shape index (κ1) is 23.5. The number of para-hydroxylation sites is 1. The summed E-state index contributed by atoms with van der Waals surface area (Å²) < 4.78 is 10.8. The zero-order valence-corrected chi connectivity index (χ0v) is 20.6. The number of ether oxygens (including phenoxy) is 1. The molecule has 0 fully saturated rings. The molecule has 1 aromatic heterocycles. The standard InChI is InChI=1S/C30H23NO4S/c1-34-30(33)22-14-12-21(13-15-22)27-17-16-24(35-27)18-23-19-26(20-8-4-3-5-9-20)31(29(23)32)25-10-6-7-11-28(25)36-2/h3-19H,1-2H3/b23-18+. The van der Waals surface area contributed by atoms with Crippen LogP contribution >= 0.6 is 11.8 Å². The molecule has 36 heavy (non-hydrogen) atoms. The molecule has 0 N–H and O–H groups in total. The first-order valence-corrected chi connectivity index (χ1v) is 12.6. The van der Waals surface area contributed by atoms with Crippen molar-refractivity contribution in [1.29, 1.82) is 0 Å². The molecule has 1 amide bonds. The summed E-state index contributed by atoms with van der Waals surface area (Å²) in [4.78, 5) is 28.2. The molecule has 0 bridgehead atoms. The highest BCUT2D eigenvalue weighted by atomic mass is 32.2. The molecule has 1 aliphatic heterocycles. The van der Waals surface area contributed by atoms with Crippen molar-refractivity contribution in [2.75, 3.05) is 18.3 Å². The average Bonchev–Trinajstić information content (AvgIpc) is 3.53. The van der Waals surface area contributed by atoms with E-state index in [0.29, 0.717) is 22.7 Å². The minimum Gasteiger partial charge on any atom is -0.465 e. The zero-order valence-electron chi connectivity index (χ0n) is 19.8. The Kier molecular flexibility index (Phi) is 6.60. The number of amides is 1. The van der Waals surface area contributed by atoms with Crippen LogP contribution in [0.1, 0.15) is 21.7 Å². The molecule has 0 radical (unpaired) electrons. The Morgan fingerprint density at radius 2 is 1.61 bits per heavy atom. The van der Waals surface area contributed by atoms with Gasteiger partial charge in [-0.2, -0.15) is 0 Å². The SMILES string of the molecule is COC(=O)c1ccc(-c2ccc(/C=C3\C=C(c4ccccc4)N(c4ccccc4SC)C3=O)o2)cc1. The lowest BCUT2D eigenvalue weighted by Crippen LogP contribution is -2.25. The van der Waals surface area contributed by atoms with Gasteiger partial charge in [-0.25, -0.2) is 4.79 Å². The maximum absolute atomic E-state index is 13.7. The van der Waals surface area contributed by atoms with Gasteiger partial charge in [0.25, 0.3) is 5.91 Å². The number of anilines is 1. The molecular weight excluding hydrogens is 470 g/mol. The third-order valence-electron chi connectivity index (χ3n) is 5.89. The quantitative estimate of drug-likeness (QED) is 0.166. The molecule has 6 heteroatoms. The Morgan fingerprint density at radius 3 is 2.33 bits per heavy atom. The van der Waals surface area contributed by atoms with Gasteiger partial charge in [0.15, 0.2) is 0 Å². The molecule has 2 heterocycles. The lowest BCUT2D eigenvalue weighted by atomic mass is 10.1. The third kappa shape index (κ3) is 4.51. The molecule has 3 aromatic carbocycles. The van der Waals surface area contributed by atoms with E-state index in [1.807, 2.05) is 79.1 Å². The summed E-state index contributed by atoms with van der Waals surface area (Å²) in [6.07, 6.45) is 5.67. The van der Waals surface area contributed by atoms with Crippen LogP contribution in [0.5, 0.6) is 0 Å². The number of benzene rings is 3. The first-order valence-electron chi connectivity index (χ1n) is 11.3. The Hall–Kier alpha value is -4.29. The predicted octanol–water partition coefficient (Wildman–Crippen LogP) is 6.93. The molecule has 5 nitrogen and oxygen atoms in total. The van der Waals surface area contributed by atoms with Crippen LogP contribution in [0.15, 0.2) is 112 Å². The van der Waals surface area contributed by atoms with Crippen molar-refractivity contribution in [3.63, 3.8) is 0 Å². The van der Waals surface area contributed by atoms with Gasteiger partial charge < -0.3 is 9.15 Å². The molecule has 0 aliphatic carbocycles. The van der Waals surface area contributed by atoms with Gasteiger partial charge in [0.05, 0.1) is 24.1 Å². The van der Waals surface area contributed by atoms with Crippen molar-refractivity contribution in [2.45, 2.75) is 4.90 Å². The molecular formula is C30H23NO4S. The van der Waals surface area contributed by atoms with Crippen molar-refractivity contribution >= 4 is 41.1 Å². The van der Waals surface area contributed by atoms with Crippen molar-refractivity contribution in [2.24, 2.45) is 0 Å². The van der Waals surface area contributed by atoms with Crippen LogP contribution in [0.2, 0.25) is 0 Å². The van der Waals surface area contributed by atoms with E-state index in [-0.39, 0.29) is 11.9 Å². The van der Waals surface area contributed by atoms with Gasteiger partial charge >= 0.3 is 5.97 Å². The largest absolute Gasteiger partial charge is 0.465 e. The van der Waals surface area contributed by atoms with E-state index in [1.165, 1.54) is 7.11 Å². The summed E-state index contributed by atoms with van der Waals surface area (Å²) in [5.41, 5.74) is 4.44. The van der Waals surface area contributed by atoms with Crippen LogP contribution in [-0.2, 0) is 9.53 Å². The van der Waals surface area contributed by atoms with Crippen molar-refractivity contribution in [3.8, 4) is 11.3 Å². The van der Waals surface area contributed by atoms with Crippen molar-refractivity contribution in [3.05, 3.63) is 120 Å². The lowest BCUT2D eigenvalue weighted by molar-refractivity contribution is -0.113. The van der Waals surface area contributed by atoms with Gasteiger partial charge in [0.2, 0.25) is 0 Å². The van der Waals surface area contributed by atoms with Gasteiger partial charge in [-0.1, -0.05) is 54.6 Å². The van der Waals surface area contributed by atoms with Crippen molar-refractivity contribution in [1.82, 2.24) is 0 Å². The van der Waals surface area contributed by atoms with Crippen LogP contribution in [0.25, 0.3) is 23.1 Å². The van der Waals surface area contributed by atoms with Gasteiger partial charge in [0.1, 0.15) is 11.5 Å². The number of carbonyl (C=O) groups is 2. The van der Waals surface area contributed by atoms with E-state index in [4.69, 9.17) is 9.15 Å². The molecule has 0 unspecified atom stereocenters. The second-order valence-electron chi connectivity index (χ2n) is 8.08. The number of thioether (sulfide) groups is 1. The van der Waals surface area contributed by atoms with Crippen LogP contribution in [-0.4, -0.2) is 25.2 Å².